The van der Waals surface area contributed by atoms with Gasteiger partial charge in [0.15, 0.2) is 5.82 Å². The SMILES string of the molecule is O=C(Cc1cccc2ccccc12)Nc1ccc(Oc2ccc(-n3cccc3)nn2)cc1. The van der Waals surface area contributed by atoms with E-state index in [0.29, 0.717) is 29.6 Å². The number of amides is 1. The zero-order valence-electron chi connectivity index (χ0n) is 17.2. The zero-order valence-corrected chi connectivity index (χ0v) is 17.2. The Balaban J connectivity index is 1.21. The molecule has 5 rings (SSSR count). The van der Waals surface area contributed by atoms with Crippen LogP contribution in [-0.2, 0) is 11.2 Å². The van der Waals surface area contributed by atoms with Gasteiger partial charge in [0.2, 0.25) is 11.8 Å². The van der Waals surface area contributed by atoms with E-state index in [0.717, 1.165) is 16.3 Å². The van der Waals surface area contributed by atoms with Gasteiger partial charge in [-0.05, 0) is 58.8 Å². The highest BCUT2D eigenvalue weighted by atomic mass is 16.5. The van der Waals surface area contributed by atoms with E-state index in [9.17, 15) is 4.79 Å². The molecule has 0 bridgehead atoms. The number of fused-ring (bicyclic) bond motifs is 1. The molecule has 2 aromatic heterocycles. The van der Waals surface area contributed by atoms with Crippen molar-refractivity contribution >= 4 is 22.4 Å². The van der Waals surface area contributed by atoms with Gasteiger partial charge in [0, 0.05) is 24.1 Å². The van der Waals surface area contributed by atoms with E-state index in [-0.39, 0.29) is 5.91 Å². The lowest BCUT2D eigenvalue weighted by atomic mass is 10.0. The van der Waals surface area contributed by atoms with Crippen molar-refractivity contribution in [1.29, 1.82) is 0 Å². The van der Waals surface area contributed by atoms with E-state index < -0.39 is 0 Å². The molecule has 6 nitrogen and oxygen atoms in total. The fourth-order valence-corrected chi connectivity index (χ4v) is 3.54. The number of rotatable bonds is 6. The van der Waals surface area contributed by atoms with Gasteiger partial charge in [-0.3, -0.25) is 4.79 Å². The van der Waals surface area contributed by atoms with Gasteiger partial charge in [0.25, 0.3) is 0 Å². The molecule has 0 aliphatic heterocycles. The second-order valence-electron chi connectivity index (χ2n) is 7.31. The van der Waals surface area contributed by atoms with Crippen LogP contribution in [0.2, 0.25) is 0 Å². The van der Waals surface area contributed by atoms with E-state index in [2.05, 4.69) is 15.5 Å². The minimum absolute atomic E-state index is 0.0681. The maximum absolute atomic E-state index is 12.6. The van der Waals surface area contributed by atoms with E-state index in [4.69, 9.17) is 4.74 Å². The molecule has 1 amide bonds. The van der Waals surface area contributed by atoms with Crippen molar-refractivity contribution < 1.29 is 9.53 Å². The summed E-state index contributed by atoms with van der Waals surface area (Å²) in [7, 11) is 0. The number of carbonyl (C=O) groups excluding carboxylic acids is 1. The van der Waals surface area contributed by atoms with Crippen LogP contribution in [0.3, 0.4) is 0 Å². The number of benzene rings is 3. The summed E-state index contributed by atoms with van der Waals surface area (Å²) in [6.07, 6.45) is 4.11. The molecule has 3 aromatic carbocycles. The van der Waals surface area contributed by atoms with Crippen LogP contribution in [0.5, 0.6) is 11.6 Å². The van der Waals surface area contributed by atoms with Crippen molar-refractivity contribution in [2.75, 3.05) is 5.32 Å². The van der Waals surface area contributed by atoms with Crippen LogP contribution in [0.4, 0.5) is 5.69 Å². The lowest BCUT2D eigenvalue weighted by Crippen LogP contribution is -2.14. The van der Waals surface area contributed by atoms with Crippen molar-refractivity contribution in [2.45, 2.75) is 6.42 Å². The minimum atomic E-state index is -0.0681. The largest absolute Gasteiger partial charge is 0.438 e. The highest BCUT2D eigenvalue weighted by molar-refractivity contribution is 5.96. The van der Waals surface area contributed by atoms with Gasteiger partial charge in [0.05, 0.1) is 6.42 Å². The lowest BCUT2D eigenvalue weighted by Gasteiger charge is -2.09. The molecule has 0 aliphatic carbocycles. The molecule has 32 heavy (non-hydrogen) atoms. The second-order valence-corrected chi connectivity index (χ2v) is 7.31. The fraction of sp³-hybridized carbons (Fsp3) is 0.0385. The van der Waals surface area contributed by atoms with Crippen LogP contribution in [0, 0.1) is 0 Å². The first-order chi connectivity index (χ1) is 15.7. The number of nitrogens with zero attached hydrogens (tertiary/aromatic N) is 3. The first kappa shape index (κ1) is 19.5. The van der Waals surface area contributed by atoms with Crippen molar-refractivity contribution in [3.8, 4) is 17.4 Å². The Morgan fingerprint density at radius 2 is 1.59 bits per heavy atom. The van der Waals surface area contributed by atoms with Gasteiger partial charge in [0.1, 0.15) is 5.75 Å². The molecule has 6 heteroatoms. The summed E-state index contributed by atoms with van der Waals surface area (Å²) in [5.41, 5.74) is 1.71. The van der Waals surface area contributed by atoms with Gasteiger partial charge in [-0.15, -0.1) is 10.2 Å². The van der Waals surface area contributed by atoms with Crippen molar-refractivity contribution in [1.82, 2.24) is 14.8 Å². The quantitative estimate of drug-likeness (QED) is 0.400. The van der Waals surface area contributed by atoms with E-state index in [1.54, 1.807) is 30.3 Å². The van der Waals surface area contributed by atoms with Crippen molar-refractivity contribution in [3.05, 3.63) is 109 Å². The average molecular weight is 420 g/mol. The smallest absolute Gasteiger partial charge is 0.238 e. The molecule has 0 aliphatic rings. The molecule has 0 saturated heterocycles. The van der Waals surface area contributed by atoms with Crippen molar-refractivity contribution in [2.24, 2.45) is 0 Å². The molecule has 0 unspecified atom stereocenters. The summed E-state index contributed by atoms with van der Waals surface area (Å²) in [6, 6.07) is 28.7. The molecule has 0 saturated carbocycles. The Labute approximate surface area is 185 Å². The van der Waals surface area contributed by atoms with Crippen LogP contribution in [0.15, 0.2) is 103 Å². The molecular weight excluding hydrogens is 400 g/mol. The van der Waals surface area contributed by atoms with E-state index >= 15 is 0 Å². The third kappa shape index (κ3) is 4.34. The van der Waals surface area contributed by atoms with E-state index in [1.807, 2.05) is 77.6 Å². The Morgan fingerprint density at radius 3 is 2.38 bits per heavy atom. The van der Waals surface area contributed by atoms with Crippen LogP contribution in [0.25, 0.3) is 16.6 Å². The maximum Gasteiger partial charge on any atom is 0.238 e. The van der Waals surface area contributed by atoms with E-state index in [1.165, 1.54) is 0 Å². The van der Waals surface area contributed by atoms with Crippen LogP contribution in [-0.4, -0.2) is 20.7 Å². The number of aromatic nitrogens is 3. The number of hydrogen-bond donors (Lipinski definition) is 1. The first-order valence-corrected chi connectivity index (χ1v) is 10.3. The number of hydrogen-bond acceptors (Lipinski definition) is 4. The van der Waals surface area contributed by atoms with Gasteiger partial charge in [-0.1, -0.05) is 42.5 Å². The molecule has 0 spiro atoms. The van der Waals surface area contributed by atoms with Gasteiger partial charge >= 0.3 is 0 Å². The maximum atomic E-state index is 12.6. The molecule has 0 atom stereocenters. The predicted octanol–water partition coefficient (Wildman–Crippen LogP) is 5.39. The van der Waals surface area contributed by atoms with Crippen LogP contribution in [0.1, 0.15) is 5.56 Å². The predicted molar refractivity (Wildman–Crippen MR) is 124 cm³/mol. The van der Waals surface area contributed by atoms with Crippen LogP contribution < -0.4 is 10.1 Å². The molecule has 2 heterocycles. The zero-order chi connectivity index (χ0) is 21.8. The fourth-order valence-electron chi connectivity index (χ4n) is 3.54. The summed E-state index contributed by atoms with van der Waals surface area (Å²) in [6.45, 7) is 0. The summed E-state index contributed by atoms with van der Waals surface area (Å²) in [4.78, 5) is 12.6. The first-order valence-electron chi connectivity index (χ1n) is 10.3. The summed E-state index contributed by atoms with van der Waals surface area (Å²) >= 11 is 0. The highest BCUT2D eigenvalue weighted by Gasteiger charge is 2.08. The summed E-state index contributed by atoms with van der Waals surface area (Å²) in [5.74, 6) is 1.65. The summed E-state index contributed by atoms with van der Waals surface area (Å²) in [5, 5.41) is 13.4. The standard InChI is InChI=1S/C26H20N4O2/c31-25(18-20-8-5-7-19-6-1-2-9-23(19)20)27-21-10-12-22(13-11-21)32-26-15-14-24(28-29-26)30-16-3-4-17-30/h1-17H,18H2,(H,27,31). The molecule has 156 valence electrons. The number of anilines is 1. The monoisotopic (exact) mass is 420 g/mol. The van der Waals surface area contributed by atoms with Crippen LogP contribution >= 0.6 is 0 Å². The highest BCUT2D eigenvalue weighted by Crippen LogP contribution is 2.23. The minimum Gasteiger partial charge on any atom is -0.438 e. The Bertz CT molecular complexity index is 1340. The van der Waals surface area contributed by atoms with Gasteiger partial charge in [-0.2, -0.15) is 0 Å². The number of carbonyl (C=O) groups is 1. The lowest BCUT2D eigenvalue weighted by molar-refractivity contribution is -0.115. The third-order valence-corrected chi connectivity index (χ3v) is 5.09. The number of ether oxygens (including phenoxy) is 1. The molecule has 1 N–H and O–H groups in total. The van der Waals surface area contributed by atoms with Gasteiger partial charge < -0.3 is 14.6 Å². The third-order valence-electron chi connectivity index (χ3n) is 5.09. The molecule has 0 fully saturated rings. The average Bonchev–Trinajstić information content (AvgIpc) is 3.36. The molecule has 0 radical (unpaired) electrons. The Kier molecular flexibility index (Phi) is 5.32. The normalized spacial score (nSPS) is 10.8. The summed E-state index contributed by atoms with van der Waals surface area (Å²) < 4.78 is 7.63. The van der Waals surface area contributed by atoms with Gasteiger partial charge in [-0.25, -0.2) is 0 Å². The Hall–Kier alpha value is -4.45. The second kappa shape index (κ2) is 8.73. The Morgan fingerprint density at radius 1 is 0.812 bits per heavy atom. The topological polar surface area (TPSA) is 69.0 Å². The van der Waals surface area contributed by atoms with Crippen molar-refractivity contribution in [3.63, 3.8) is 0 Å². The molecule has 5 aromatic rings. The number of nitrogens with one attached hydrogen (secondary N) is 1. The molecular formula is C26H20N4O2.